The monoisotopic (exact) mass is 203 g/mol. The average Bonchev–Trinajstić information content (AvgIpc) is 2.44. The summed E-state index contributed by atoms with van der Waals surface area (Å²) >= 11 is 0. The minimum atomic E-state index is 0.600. The van der Waals surface area contributed by atoms with Gasteiger partial charge in [-0.3, -0.25) is 4.68 Å². The first kappa shape index (κ1) is 10.0. The minimum absolute atomic E-state index is 0.600. The Bertz CT molecular complexity index is 483. The van der Waals surface area contributed by atoms with E-state index in [0.717, 1.165) is 28.7 Å². The summed E-state index contributed by atoms with van der Waals surface area (Å²) in [6.07, 6.45) is 0.978. The van der Waals surface area contributed by atoms with Crippen molar-refractivity contribution in [2.75, 3.05) is 5.73 Å². The second-order valence-electron chi connectivity index (χ2n) is 4.41. The molecule has 3 heteroatoms. The first-order chi connectivity index (χ1) is 7.09. The fourth-order valence-corrected chi connectivity index (χ4v) is 1.96. The van der Waals surface area contributed by atoms with Gasteiger partial charge in [0.25, 0.3) is 0 Å². The molecule has 1 aromatic carbocycles. The Morgan fingerprint density at radius 3 is 2.80 bits per heavy atom. The molecule has 0 spiro atoms. The van der Waals surface area contributed by atoms with Crippen molar-refractivity contribution in [3.63, 3.8) is 0 Å². The number of hydrogen-bond donors (Lipinski definition) is 1. The van der Waals surface area contributed by atoms with Crippen LogP contribution in [0.2, 0.25) is 0 Å². The maximum absolute atomic E-state index is 5.99. The molecule has 0 aliphatic heterocycles. The molecule has 0 unspecified atom stereocenters. The Morgan fingerprint density at radius 1 is 1.40 bits per heavy atom. The summed E-state index contributed by atoms with van der Waals surface area (Å²) in [5.74, 6) is 0.600. The van der Waals surface area contributed by atoms with E-state index in [0.29, 0.717) is 5.92 Å². The lowest BCUT2D eigenvalue weighted by Crippen LogP contribution is -1.97. The molecule has 2 N–H and O–H groups in total. The second kappa shape index (κ2) is 3.57. The van der Waals surface area contributed by atoms with Crippen molar-refractivity contribution >= 4 is 16.6 Å². The van der Waals surface area contributed by atoms with Crippen LogP contribution < -0.4 is 5.73 Å². The number of benzene rings is 1. The zero-order chi connectivity index (χ0) is 11.0. The smallest absolute Gasteiger partial charge is 0.0726 e. The van der Waals surface area contributed by atoms with Crippen LogP contribution in [0.15, 0.2) is 18.2 Å². The first-order valence-electron chi connectivity index (χ1n) is 5.29. The van der Waals surface area contributed by atoms with Gasteiger partial charge in [0, 0.05) is 18.1 Å². The van der Waals surface area contributed by atoms with Crippen LogP contribution in [0, 0.1) is 5.92 Å². The summed E-state index contributed by atoms with van der Waals surface area (Å²) in [5, 5.41) is 5.65. The molecule has 0 saturated carbocycles. The first-order valence-corrected chi connectivity index (χ1v) is 5.29. The molecule has 0 fully saturated rings. The van der Waals surface area contributed by atoms with Gasteiger partial charge in [-0.1, -0.05) is 19.9 Å². The van der Waals surface area contributed by atoms with E-state index < -0.39 is 0 Å². The Morgan fingerprint density at radius 2 is 2.13 bits per heavy atom. The highest BCUT2D eigenvalue weighted by atomic mass is 15.3. The third-order valence-corrected chi connectivity index (χ3v) is 2.58. The molecule has 1 heterocycles. The van der Waals surface area contributed by atoms with Crippen LogP contribution in [0.25, 0.3) is 10.9 Å². The van der Waals surface area contributed by atoms with Gasteiger partial charge in [-0.05, 0) is 24.5 Å². The molecule has 0 aliphatic rings. The Hall–Kier alpha value is -1.51. The van der Waals surface area contributed by atoms with Crippen LogP contribution in [0.5, 0.6) is 0 Å². The number of nitrogens with two attached hydrogens (primary N) is 1. The largest absolute Gasteiger partial charge is 0.398 e. The van der Waals surface area contributed by atoms with Crippen molar-refractivity contribution < 1.29 is 0 Å². The zero-order valence-corrected chi connectivity index (χ0v) is 9.49. The van der Waals surface area contributed by atoms with Crippen molar-refractivity contribution in [2.24, 2.45) is 13.0 Å². The van der Waals surface area contributed by atoms with Crippen LogP contribution in [-0.4, -0.2) is 9.78 Å². The summed E-state index contributed by atoms with van der Waals surface area (Å²) in [7, 11) is 1.96. The van der Waals surface area contributed by atoms with Crippen LogP contribution in [0.4, 0.5) is 5.69 Å². The van der Waals surface area contributed by atoms with E-state index in [-0.39, 0.29) is 0 Å². The van der Waals surface area contributed by atoms with Crippen molar-refractivity contribution in [3.8, 4) is 0 Å². The molecular formula is C12H17N3. The lowest BCUT2D eigenvalue weighted by molar-refractivity contribution is 0.624. The van der Waals surface area contributed by atoms with Crippen LogP contribution >= 0.6 is 0 Å². The summed E-state index contributed by atoms with van der Waals surface area (Å²) < 4.78 is 1.91. The van der Waals surface area contributed by atoms with E-state index in [9.17, 15) is 0 Å². The van der Waals surface area contributed by atoms with E-state index in [1.807, 2.05) is 23.9 Å². The predicted molar refractivity (Wildman–Crippen MR) is 63.7 cm³/mol. The number of hydrogen-bond acceptors (Lipinski definition) is 2. The molecule has 3 nitrogen and oxygen atoms in total. The van der Waals surface area contributed by atoms with Crippen LogP contribution in [0.1, 0.15) is 19.5 Å². The molecule has 80 valence electrons. The van der Waals surface area contributed by atoms with Gasteiger partial charge in [-0.15, -0.1) is 0 Å². The standard InChI is InChI=1S/C12H17N3/c1-8(2)7-10-12-9(13)5-4-6-11(12)15(3)14-10/h4-6,8H,7,13H2,1-3H3. The SMILES string of the molecule is CC(C)Cc1nn(C)c2cccc(N)c12. The molecule has 0 saturated heterocycles. The highest BCUT2D eigenvalue weighted by Gasteiger charge is 2.11. The van der Waals surface area contributed by atoms with Gasteiger partial charge >= 0.3 is 0 Å². The van der Waals surface area contributed by atoms with E-state index >= 15 is 0 Å². The summed E-state index contributed by atoms with van der Waals surface area (Å²) in [4.78, 5) is 0. The van der Waals surface area contributed by atoms with Gasteiger partial charge in [0.05, 0.1) is 11.2 Å². The van der Waals surface area contributed by atoms with E-state index in [4.69, 9.17) is 5.73 Å². The van der Waals surface area contributed by atoms with Crippen molar-refractivity contribution in [1.82, 2.24) is 9.78 Å². The molecule has 1 aromatic heterocycles. The molecule has 0 amide bonds. The highest BCUT2D eigenvalue weighted by molar-refractivity contribution is 5.92. The van der Waals surface area contributed by atoms with Gasteiger partial charge < -0.3 is 5.73 Å². The predicted octanol–water partition coefficient (Wildman–Crippen LogP) is 2.35. The molecule has 0 aliphatic carbocycles. The van der Waals surface area contributed by atoms with Crippen molar-refractivity contribution in [3.05, 3.63) is 23.9 Å². The van der Waals surface area contributed by atoms with Gasteiger partial charge in [0.1, 0.15) is 0 Å². The fourth-order valence-electron chi connectivity index (χ4n) is 1.96. The highest BCUT2D eigenvalue weighted by Crippen LogP contribution is 2.25. The summed E-state index contributed by atoms with van der Waals surface area (Å²) in [5.41, 5.74) is 9.05. The maximum Gasteiger partial charge on any atom is 0.0726 e. The number of aromatic nitrogens is 2. The molecule has 0 radical (unpaired) electrons. The maximum atomic E-state index is 5.99. The third kappa shape index (κ3) is 1.69. The zero-order valence-electron chi connectivity index (χ0n) is 9.49. The lowest BCUT2D eigenvalue weighted by Gasteiger charge is -2.02. The molecule has 0 atom stereocenters. The van der Waals surface area contributed by atoms with Crippen LogP contribution in [-0.2, 0) is 13.5 Å². The molecule has 0 bridgehead atoms. The number of aryl methyl sites for hydroxylation is 1. The van der Waals surface area contributed by atoms with Crippen LogP contribution in [0.3, 0.4) is 0 Å². The number of nitrogen functional groups attached to an aromatic ring is 1. The number of rotatable bonds is 2. The Labute approximate surface area is 89.9 Å². The third-order valence-electron chi connectivity index (χ3n) is 2.58. The fraction of sp³-hybridized carbons (Fsp3) is 0.417. The Balaban J connectivity index is 2.65. The second-order valence-corrected chi connectivity index (χ2v) is 4.41. The summed E-state index contributed by atoms with van der Waals surface area (Å²) in [6, 6.07) is 5.97. The van der Waals surface area contributed by atoms with E-state index in [1.165, 1.54) is 0 Å². The quantitative estimate of drug-likeness (QED) is 0.761. The molecule has 2 rings (SSSR count). The van der Waals surface area contributed by atoms with Gasteiger partial charge in [-0.2, -0.15) is 5.10 Å². The van der Waals surface area contributed by atoms with Crippen molar-refractivity contribution in [2.45, 2.75) is 20.3 Å². The van der Waals surface area contributed by atoms with E-state index in [1.54, 1.807) is 0 Å². The number of nitrogens with zero attached hydrogens (tertiary/aromatic N) is 2. The molecular weight excluding hydrogens is 186 g/mol. The van der Waals surface area contributed by atoms with Gasteiger partial charge in [0.15, 0.2) is 0 Å². The minimum Gasteiger partial charge on any atom is -0.398 e. The number of anilines is 1. The molecule has 2 aromatic rings. The molecule has 15 heavy (non-hydrogen) atoms. The number of fused-ring (bicyclic) bond motifs is 1. The normalized spacial score (nSPS) is 11.5. The lowest BCUT2D eigenvalue weighted by atomic mass is 10.0. The van der Waals surface area contributed by atoms with Gasteiger partial charge in [0.2, 0.25) is 0 Å². The average molecular weight is 203 g/mol. The Kier molecular flexibility index (Phi) is 2.39. The topological polar surface area (TPSA) is 43.8 Å². The van der Waals surface area contributed by atoms with Crippen molar-refractivity contribution in [1.29, 1.82) is 0 Å². The van der Waals surface area contributed by atoms with E-state index in [2.05, 4.69) is 25.0 Å². The van der Waals surface area contributed by atoms with Gasteiger partial charge in [-0.25, -0.2) is 0 Å². The summed E-state index contributed by atoms with van der Waals surface area (Å²) in [6.45, 7) is 4.39.